The van der Waals surface area contributed by atoms with Gasteiger partial charge in [-0.05, 0) is 46.1 Å². The molecule has 0 radical (unpaired) electrons. The van der Waals surface area contributed by atoms with Gasteiger partial charge in [0.25, 0.3) is 0 Å². The molecule has 0 saturated heterocycles. The summed E-state index contributed by atoms with van der Waals surface area (Å²) in [6.45, 7) is 8.91. The van der Waals surface area contributed by atoms with Crippen molar-refractivity contribution in [2.24, 2.45) is 28.9 Å². The van der Waals surface area contributed by atoms with E-state index in [0.717, 1.165) is 19.3 Å². The Morgan fingerprint density at radius 2 is 1.33 bits per heavy atom. The summed E-state index contributed by atoms with van der Waals surface area (Å²) < 4.78 is 0. The number of carboxylic acid groups (broad SMARTS) is 1. The Bertz CT molecular complexity index is 455. The summed E-state index contributed by atoms with van der Waals surface area (Å²) in [5.74, 6) is -0.931. The smallest absolute Gasteiger partial charge is 0.320 e. The number of aliphatic carboxylic acids is 1. The van der Waals surface area contributed by atoms with Gasteiger partial charge in [-0.3, -0.25) is 19.2 Å². The first kappa shape index (κ1) is 30.1. The van der Waals surface area contributed by atoms with Gasteiger partial charge < -0.3 is 28.0 Å². The minimum absolute atomic E-state index is 0.0667. The van der Waals surface area contributed by atoms with Gasteiger partial charge in [0.15, 0.2) is 0 Å². The van der Waals surface area contributed by atoms with Gasteiger partial charge >= 0.3 is 5.97 Å². The lowest BCUT2D eigenvalue weighted by molar-refractivity contribution is -0.140. The molecule has 0 fully saturated rings. The molecule has 9 N–H and O–H groups in total. The Balaban J connectivity index is -0.000000322. The molecule has 9 nitrogen and oxygen atoms in total. The van der Waals surface area contributed by atoms with Crippen LogP contribution in [-0.2, 0) is 19.2 Å². The first-order valence-electron chi connectivity index (χ1n) is 8.97. The van der Waals surface area contributed by atoms with E-state index in [0.29, 0.717) is 6.54 Å². The van der Waals surface area contributed by atoms with Gasteiger partial charge in [-0.25, -0.2) is 0 Å². The molecule has 1 unspecified atom stereocenters. The maximum atomic E-state index is 10.6. The molecule has 160 valence electrons. The third-order valence-corrected chi connectivity index (χ3v) is 3.50. The number of rotatable bonds is 10. The maximum absolute atomic E-state index is 10.6. The number of carboxylic acids is 1. The van der Waals surface area contributed by atoms with E-state index in [1.165, 1.54) is 20.8 Å². The Labute approximate surface area is 162 Å². The van der Waals surface area contributed by atoms with E-state index in [4.69, 9.17) is 28.0 Å². The van der Waals surface area contributed by atoms with Crippen molar-refractivity contribution in [1.82, 2.24) is 0 Å². The fourth-order valence-electron chi connectivity index (χ4n) is 1.58. The predicted octanol–water partition coefficient (Wildman–Crippen LogP) is -0.0322. The molecule has 0 aliphatic heterocycles. The number of hydrogen-bond acceptors (Lipinski definition) is 8. The van der Waals surface area contributed by atoms with E-state index in [1.54, 1.807) is 0 Å². The van der Waals surface area contributed by atoms with Crippen molar-refractivity contribution >= 4 is 23.3 Å². The van der Waals surface area contributed by atoms with Crippen molar-refractivity contribution in [1.29, 1.82) is 0 Å². The van der Waals surface area contributed by atoms with Crippen LogP contribution < -0.4 is 22.9 Å². The van der Waals surface area contributed by atoms with Crippen LogP contribution in [0.4, 0.5) is 0 Å². The number of carbonyl (C=O) groups is 4. The highest BCUT2D eigenvalue weighted by Crippen LogP contribution is 1.98. The third-order valence-electron chi connectivity index (χ3n) is 3.50. The van der Waals surface area contributed by atoms with Gasteiger partial charge in [0.05, 0.1) is 12.1 Å². The van der Waals surface area contributed by atoms with Gasteiger partial charge in [0, 0.05) is 6.42 Å². The Morgan fingerprint density at radius 3 is 1.52 bits per heavy atom. The van der Waals surface area contributed by atoms with Crippen LogP contribution >= 0.6 is 0 Å². The predicted molar refractivity (Wildman–Crippen MR) is 106 cm³/mol. The maximum Gasteiger partial charge on any atom is 0.320 e. The Kier molecular flexibility index (Phi) is 19.7. The summed E-state index contributed by atoms with van der Waals surface area (Å²) in [5.41, 5.74) is 21.1. The lowest BCUT2D eigenvalue weighted by atomic mass is 10.0. The first-order valence-corrected chi connectivity index (χ1v) is 8.97. The number of unbranched alkanes of at least 4 members (excludes halogenated alkanes) is 1. The van der Waals surface area contributed by atoms with Crippen molar-refractivity contribution in [3.05, 3.63) is 0 Å². The van der Waals surface area contributed by atoms with Crippen LogP contribution in [0, 0.1) is 5.92 Å². The third kappa shape index (κ3) is 22.3. The van der Waals surface area contributed by atoms with Crippen molar-refractivity contribution in [3.8, 4) is 0 Å². The van der Waals surface area contributed by atoms with E-state index in [9.17, 15) is 19.2 Å². The lowest BCUT2D eigenvalue weighted by Gasteiger charge is -2.09. The van der Waals surface area contributed by atoms with Crippen molar-refractivity contribution in [2.45, 2.75) is 78.4 Å². The molecule has 0 bridgehead atoms. The highest BCUT2D eigenvalue weighted by molar-refractivity contribution is 5.84. The van der Waals surface area contributed by atoms with Crippen molar-refractivity contribution in [3.63, 3.8) is 0 Å². The summed E-state index contributed by atoms with van der Waals surface area (Å²) in [6.07, 6.45) is 2.60. The lowest BCUT2D eigenvalue weighted by Crippen LogP contribution is -2.33. The van der Waals surface area contributed by atoms with Crippen LogP contribution in [-0.4, -0.2) is 53.1 Å². The second-order valence-corrected chi connectivity index (χ2v) is 6.73. The van der Waals surface area contributed by atoms with Gasteiger partial charge in [0.2, 0.25) is 0 Å². The fraction of sp³-hybridized carbons (Fsp3) is 0.778. The fourth-order valence-corrected chi connectivity index (χ4v) is 1.58. The Morgan fingerprint density at radius 1 is 0.852 bits per heavy atom. The van der Waals surface area contributed by atoms with E-state index in [2.05, 4.69) is 0 Å². The van der Waals surface area contributed by atoms with E-state index >= 15 is 0 Å². The zero-order valence-corrected chi connectivity index (χ0v) is 17.2. The zero-order valence-electron chi connectivity index (χ0n) is 17.2. The number of hydrogen-bond donors (Lipinski definition) is 5. The summed E-state index contributed by atoms with van der Waals surface area (Å²) in [5, 5.41) is 8.15. The van der Waals surface area contributed by atoms with Crippen molar-refractivity contribution < 1.29 is 24.3 Å². The number of ketones is 3. The molecule has 9 heteroatoms. The van der Waals surface area contributed by atoms with Crippen molar-refractivity contribution in [2.75, 3.05) is 6.54 Å². The van der Waals surface area contributed by atoms with E-state index in [1.807, 2.05) is 13.8 Å². The topological polar surface area (TPSA) is 193 Å². The Hall–Kier alpha value is -1.68. The number of carbonyl (C=O) groups excluding carboxylic acids is 3. The van der Waals surface area contributed by atoms with Gasteiger partial charge in [0.1, 0.15) is 23.4 Å². The van der Waals surface area contributed by atoms with Crippen LogP contribution in [0.1, 0.15) is 60.3 Å². The standard InChI is InChI=1S/C7H16N2O.C6H13NO.C5H9NO3/c1-6(10)7(9)4-2-3-5-8;1-4(2)6(7)5(3)8;1-3(7)2-4(6)5(8)9/h7H,2-5,8-9H2,1H3;4,6H,7H2,1-3H3;4H,2,6H2,1H3,(H,8,9)/t7-;6-;/m00./s1. The zero-order chi connectivity index (χ0) is 22.2. The quantitative estimate of drug-likeness (QED) is 0.318. The average molecular weight is 391 g/mol. The molecule has 0 aromatic rings. The SMILES string of the molecule is CC(=O)CC(N)C(=O)O.CC(=O)[C@@H](N)C(C)C.CC(=O)[C@@H](N)CCCCN. The molecule has 0 aromatic heterocycles. The van der Waals surface area contributed by atoms with Gasteiger partial charge in [-0.2, -0.15) is 0 Å². The molecule has 27 heavy (non-hydrogen) atoms. The molecular weight excluding hydrogens is 352 g/mol. The highest BCUT2D eigenvalue weighted by Gasteiger charge is 2.12. The monoisotopic (exact) mass is 390 g/mol. The molecule has 0 amide bonds. The minimum Gasteiger partial charge on any atom is -0.480 e. The summed E-state index contributed by atoms with van der Waals surface area (Å²) in [6, 6.07) is -1.58. The average Bonchev–Trinajstić information content (AvgIpc) is 2.54. The van der Waals surface area contributed by atoms with Crippen LogP contribution in [0.3, 0.4) is 0 Å². The molecule has 0 spiro atoms. The second-order valence-electron chi connectivity index (χ2n) is 6.73. The van der Waals surface area contributed by atoms with Crippen LogP contribution in [0.25, 0.3) is 0 Å². The molecule has 0 saturated carbocycles. The molecule has 0 aliphatic rings. The molecule has 0 aliphatic carbocycles. The molecule has 3 atom stereocenters. The normalized spacial score (nSPS) is 13.3. The molecular formula is C18H38N4O5. The highest BCUT2D eigenvalue weighted by atomic mass is 16.4. The van der Waals surface area contributed by atoms with Gasteiger partial charge in [-0.1, -0.05) is 20.3 Å². The summed E-state index contributed by atoms with van der Waals surface area (Å²) in [4.78, 5) is 41.2. The van der Waals surface area contributed by atoms with Crippen LogP contribution in [0.5, 0.6) is 0 Å². The number of Topliss-reactive ketones (excluding diaryl/α,β-unsaturated/α-hetero) is 3. The largest absolute Gasteiger partial charge is 0.480 e. The summed E-state index contributed by atoms with van der Waals surface area (Å²) >= 11 is 0. The summed E-state index contributed by atoms with van der Waals surface area (Å²) in [7, 11) is 0. The molecule has 0 heterocycles. The van der Waals surface area contributed by atoms with Crippen LogP contribution in [0.2, 0.25) is 0 Å². The first-order chi connectivity index (χ1) is 12.3. The van der Waals surface area contributed by atoms with Gasteiger partial charge in [-0.15, -0.1) is 0 Å². The minimum atomic E-state index is -1.13. The second kappa shape index (κ2) is 17.7. The molecule has 0 rings (SSSR count). The van der Waals surface area contributed by atoms with Crippen LogP contribution in [0.15, 0.2) is 0 Å². The van der Waals surface area contributed by atoms with E-state index < -0.39 is 12.0 Å². The molecule has 0 aromatic carbocycles. The number of nitrogens with two attached hydrogens (primary N) is 4. The van der Waals surface area contributed by atoms with E-state index in [-0.39, 0.29) is 41.8 Å².